The van der Waals surface area contributed by atoms with E-state index in [0.717, 1.165) is 106 Å². The predicted molar refractivity (Wildman–Crippen MR) is 304 cm³/mol. The van der Waals surface area contributed by atoms with Crippen molar-refractivity contribution in [1.82, 2.24) is 44.3 Å². The fourth-order valence-corrected chi connectivity index (χ4v) is 11.7. The number of fused-ring (bicyclic) bond motifs is 2. The molecule has 25 heteroatoms. The Labute approximate surface area is 471 Å². The van der Waals surface area contributed by atoms with Crippen LogP contribution in [0.4, 0.5) is 17.2 Å². The topological polar surface area (TPSA) is 256 Å². The molecule has 0 spiro atoms. The summed E-state index contributed by atoms with van der Waals surface area (Å²) in [5.41, 5.74) is 4.80. The number of aryl methyl sites for hydroxylation is 2. The van der Waals surface area contributed by atoms with Gasteiger partial charge in [0.15, 0.2) is 11.3 Å². The lowest BCUT2D eigenvalue weighted by Gasteiger charge is -2.35. The molecule has 6 aromatic rings. The van der Waals surface area contributed by atoms with Crippen LogP contribution >= 0.6 is 34.8 Å². The van der Waals surface area contributed by atoms with Gasteiger partial charge in [-0.05, 0) is 122 Å². The molecule has 4 aliphatic rings. The van der Waals surface area contributed by atoms with Crippen molar-refractivity contribution in [2.45, 2.75) is 98.6 Å². The lowest BCUT2D eigenvalue weighted by molar-refractivity contribution is 0.0600. The molecule has 4 aromatic heterocycles. The fraction of sp³-hybridized carbons (Fsp3) is 0.472. The first-order chi connectivity index (χ1) is 36.3. The predicted octanol–water partition coefficient (Wildman–Crippen LogP) is 9.40. The molecule has 20 nitrogen and oxygen atoms in total. The molecule has 2 unspecified atom stereocenters. The first-order valence-electron chi connectivity index (χ1n) is 25.2. The summed E-state index contributed by atoms with van der Waals surface area (Å²) in [6.07, 6.45) is 12.6. The van der Waals surface area contributed by atoms with Gasteiger partial charge in [-0.15, -0.1) is 0 Å². The van der Waals surface area contributed by atoms with Crippen molar-refractivity contribution in [2.24, 2.45) is 10.8 Å². The van der Waals surface area contributed by atoms with E-state index in [2.05, 4.69) is 41.9 Å². The molecule has 0 saturated carbocycles. The number of hydrogen-bond donors (Lipinski definition) is 3. The summed E-state index contributed by atoms with van der Waals surface area (Å²) in [5.74, 6) is 0.227. The van der Waals surface area contributed by atoms with Gasteiger partial charge in [0.1, 0.15) is 11.0 Å². The number of benzene rings is 2. The number of nitrogens with one attached hydrogen (secondary N) is 3. The van der Waals surface area contributed by atoms with Gasteiger partial charge in [-0.25, -0.2) is 35.8 Å². The van der Waals surface area contributed by atoms with Crippen molar-refractivity contribution >= 4 is 95.2 Å². The first kappa shape index (κ1) is 59.4. The Balaban J connectivity index is 0.000000198. The number of anilines is 3. The van der Waals surface area contributed by atoms with Crippen LogP contribution in [0.3, 0.4) is 0 Å². The Morgan fingerprint density at radius 3 is 1.62 bits per heavy atom. The lowest BCUT2D eigenvalue weighted by atomic mass is 9.92. The molecule has 78 heavy (non-hydrogen) atoms. The maximum atomic E-state index is 13.8. The molecule has 3 N–H and O–H groups in total. The number of carbonyl (C=O) groups excluding carboxylic acids is 2. The third-order valence-corrected chi connectivity index (χ3v) is 16.2. The van der Waals surface area contributed by atoms with Crippen LogP contribution in [0.5, 0.6) is 0 Å². The van der Waals surface area contributed by atoms with E-state index in [9.17, 15) is 31.7 Å². The number of sulfonamides is 2. The Bertz CT molecular complexity index is 3520. The minimum Gasteiger partial charge on any atom is -0.355 e. The van der Waals surface area contributed by atoms with E-state index in [-0.39, 0.29) is 64.7 Å². The zero-order chi connectivity index (χ0) is 55.6. The van der Waals surface area contributed by atoms with Crippen LogP contribution in [0.25, 0.3) is 11.3 Å². The Hall–Kier alpha value is -6.27. The van der Waals surface area contributed by atoms with Gasteiger partial charge in [0.25, 0.3) is 11.8 Å². The highest BCUT2D eigenvalue weighted by Gasteiger charge is 2.37. The van der Waals surface area contributed by atoms with E-state index >= 15 is 0 Å². The fourth-order valence-electron chi connectivity index (χ4n) is 10.1. The number of piperidine rings is 2. The third kappa shape index (κ3) is 13.9. The zero-order valence-electron chi connectivity index (χ0n) is 43.6. The summed E-state index contributed by atoms with van der Waals surface area (Å²) < 4.78 is 55.6. The van der Waals surface area contributed by atoms with Crippen molar-refractivity contribution in [2.75, 3.05) is 66.1 Å². The molecule has 0 aliphatic carbocycles. The minimum atomic E-state index is -3.59. The Morgan fingerprint density at radius 2 is 1.18 bits per heavy atom. The normalized spacial score (nSPS) is 21.3. The minimum absolute atomic E-state index is 0. The van der Waals surface area contributed by atoms with Gasteiger partial charge in [0.05, 0.1) is 81.5 Å². The second-order valence-electron chi connectivity index (χ2n) is 20.8. The molecule has 10 rings (SSSR count). The van der Waals surface area contributed by atoms with Crippen LogP contribution in [-0.4, -0.2) is 119 Å². The number of carbonyl (C=O) groups is 2. The SMILES string of the molecule is C.CC1(C#N)CCNC1.Cc1cn2nc([C@@H]3CCCCN3C(=O)c3cc(Cl)ccc3NS(C)(=O)=O)cc2nc1Cl.Cc1cn2nc([C@@H]3CCCCN3C(=O)c3cc(Cl)ccc3NS(C)(=O)=O)cc2nc1N1CCC(C)(C#N)C1. The van der Waals surface area contributed by atoms with Gasteiger partial charge in [0.2, 0.25) is 20.0 Å². The number of amides is 2. The number of nitriles is 2. The van der Waals surface area contributed by atoms with E-state index in [0.29, 0.717) is 51.8 Å². The van der Waals surface area contributed by atoms with Gasteiger partial charge in [-0.2, -0.15) is 20.7 Å². The van der Waals surface area contributed by atoms with Crippen LogP contribution in [-0.2, 0) is 20.0 Å². The lowest BCUT2D eigenvalue weighted by Crippen LogP contribution is -2.39. The van der Waals surface area contributed by atoms with Crippen molar-refractivity contribution in [3.05, 3.63) is 110 Å². The summed E-state index contributed by atoms with van der Waals surface area (Å²) in [7, 11) is -7.16. The molecule has 0 bridgehead atoms. The maximum absolute atomic E-state index is 13.8. The van der Waals surface area contributed by atoms with Crippen LogP contribution < -0.4 is 19.7 Å². The zero-order valence-corrected chi connectivity index (χ0v) is 47.5. The third-order valence-electron chi connectivity index (χ3n) is 14.1. The average Bonchev–Trinajstić information content (AvgIpc) is 4.24. The van der Waals surface area contributed by atoms with E-state index < -0.39 is 20.0 Å². The summed E-state index contributed by atoms with van der Waals surface area (Å²) >= 11 is 18.5. The smallest absolute Gasteiger partial charge is 0.256 e. The standard InChI is InChI=1S/C26H30ClN7O3S.C20H21Cl2N5O3S.C6H10N2.CH4/c1-17-14-34-23(29-24(17)32-11-9-26(2,15-28)16-32)13-21(30-34)22-6-4-5-10-33(22)25(35)19-12-18(27)7-8-20(19)31-38(3,36)37;1-12-11-27-18(23-19(12)22)10-16(24-27)17-5-3-4-8-26(17)20(28)14-9-13(21)6-7-15(14)25-31(2,29)30;1-6(4-7)2-3-8-5-6;/h7-8,12-14,22,31H,4-6,9-11,16H2,1-3H3;6-7,9-11,17,25H,3-5,8H2,1-2H3;8H,2-3,5H2,1H3;1H4/t22-,26?;17-;;/m00../s1. The van der Waals surface area contributed by atoms with Crippen LogP contribution in [0.2, 0.25) is 15.2 Å². The molecule has 2 aromatic carbocycles. The molecule has 4 saturated heterocycles. The van der Waals surface area contributed by atoms with Gasteiger partial charge in [-0.1, -0.05) is 42.2 Å². The number of likely N-dealkylation sites (tertiary alicyclic amines) is 2. The van der Waals surface area contributed by atoms with Gasteiger partial charge in [0, 0.05) is 78.4 Å². The number of rotatable bonds is 9. The number of halogens is 3. The first-order valence-corrected chi connectivity index (χ1v) is 30.1. The van der Waals surface area contributed by atoms with E-state index in [4.69, 9.17) is 50.1 Å². The molecule has 4 aliphatic heterocycles. The quantitative estimate of drug-likeness (QED) is 0.114. The molecule has 4 atom stereocenters. The Morgan fingerprint density at radius 1 is 0.692 bits per heavy atom. The monoisotopic (exact) mass is 1160 g/mol. The van der Waals surface area contributed by atoms with Crippen molar-refractivity contribution < 1.29 is 26.4 Å². The molecule has 8 heterocycles. The number of hydrogen-bond acceptors (Lipinski definition) is 14. The van der Waals surface area contributed by atoms with Gasteiger partial charge in [-0.3, -0.25) is 19.0 Å². The molecular weight excluding hydrogens is 1100 g/mol. The molecule has 4 fully saturated rings. The molecule has 2 amide bonds. The summed E-state index contributed by atoms with van der Waals surface area (Å²) in [6, 6.07) is 16.9. The van der Waals surface area contributed by atoms with Crippen molar-refractivity contribution in [3.8, 4) is 12.1 Å². The van der Waals surface area contributed by atoms with Crippen molar-refractivity contribution in [3.63, 3.8) is 0 Å². The largest absolute Gasteiger partial charge is 0.355 e. The summed E-state index contributed by atoms with van der Waals surface area (Å²) in [4.78, 5) is 42.2. The average molecular weight is 1160 g/mol. The van der Waals surface area contributed by atoms with Crippen LogP contribution in [0.15, 0.2) is 60.9 Å². The van der Waals surface area contributed by atoms with Gasteiger partial charge >= 0.3 is 0 Å². The van der Waals surface area contributed by atoms with E-state index in [1.54, 1.807) is 37.2 Å². The van der Waals surface area contributed by atoms with Crippen molar-refractivity contribution in [1.29, 1.82) is 10.5 Å². The second kappa shape index (κ2) is 24.0. The van der Waals surface area contributed by atoms with Crippen LogP contribution in [0, 0.1) is 47.3 Å². The highest BCUT2D eigenvalue weighted by molar-refractivity contribution is 7.92. The van der Waals surface area contributed by atoms with E-state index in [1.807, 2.05) is 46.0 Å². The second-order valence-corrected chi connectivity index (χ2v) is 25.5. The summed E-state index contributed by atoms with van der Waals surface area (Å²) in [6.45, 7) is 12.1. The molecule has 416 valence electrons. The number of nitrogens with zero attached hydrogens (tertiary/aromatic N) is 11. The highest BCUT2D eigenvalue weighted by atomic mass is 35.5. The highest BCUT2D eigenvalue weighted by Crippen LogP contribution is 2.38. The van der Waals surface area contributed by atoms with Gasteiger partial charge < -0.3 is 20.0 Å². The molecular formula is C53H65Cl3N14O6S2. The molecule has 0 radical (unpaired) electrons. The van der Waals surface area contributed by atoms with Crippen LogP contribution in [0.1, 0.15) is 128 Å². The summed E-state index contributed by atoms with van der Waals surface area (Å²) in [5, 5.41) is 31.7. The maximum Gasteiger partial charge on any atom is 0.256 e. The van der Waals surface area contributed by atoms with E-state index in [1.165, 1.54) is 24.3 Å². The number of aromatic nitrogens is 6. The Kier molecular flexibility index (Phi) is 18.3.